The van der Waals surface area contributed by atoms with Gasteiger partial charge in [-0.05, 0) is 12.1 Å². The van der Waals surface area contributed by atoms with E-state index in [9.17, 15) is 9.59 Å². The summed E-state index contributed by atoms with van der Waals surface area (Å²) in [7, 11) is 0. The molecule has 0 radical (unpaired) electrons. The summed E-state index contributed by atoms with van der Waals surface area (Å²) in [5.74, 6) is -1.04. The van der Waals surface area contributed by atoms with Crippen molar-refractivity contribution in [2.75, 3.05) is 0 Å². The fraction of sp³-hybridized carbons (Fsp3) is 0.308. The number of nitrogens with zero attached hydrogens (tertiary/aromatic N) is 1. The van der Waals surface area contributed by atoms with E-state index in [0.29, 0.717) is 18.7 Å². The van der Waals surface area contributed by atoms with Gasteiger partial charge in [-0.1, -0.05) is 0 Å². The molecule has 0 aliphatic carbocycles. The van der Waals surface area contributed by atoms with Crippen LogP contribution in [0.4, 0.5) is 0 Å². The molecule has 1 unspecified atom stereocenters. The predicted molar refractivity (Wildman–Crippen MR) is 70.4 cm³/mol. The molecule has 110 valence electrons. The number of hydrogen-bond acceptors (Lipinski definition) is 5. The molecule has 0 aromatic carbocycles. The van der Waals surface area contributed by atoms with E-state index in [2.05, 4.69) is 20.6 Å². The Morgan fingerprint density at radius 1 is 1.48 bits per heavy atom. The van der Waals surface area contributed by atoms with E-state index < -0.39 is 5.97 Å². The van der Waals surface area contributed by atoms with Crippen molar-refractivity contribution >= 4 is 11.9 Å². The minimum absolute atomic E-state index is 0.142. The number of H-pyrrole nitrogens is 1. The van der Waals surface area contributed by atoms with Gasteiger partial charge in [-0.2, -0.15) is 0 Å². The molecule has 1 aliphatic rings. The Bertz CT molecular complexity index is 675. The van der Waals surface area contributed by atoms with Crippen molar-refractivity contribution in [3.63, 3.8) is 0 Å². The van der Waals surface area contributed by atoms with Crippen molar-refractivity contribution < 1.29 is 19.1 Å². The SMILES string of the molecule is O=C(O)c1ccc(CNC(=O)C2Cc3nc[nH]c3CN2)o1. The van der Waals surface area contributed by atoms with Crippen molar-refractivity contribution in [2.24, 2.45) is 0 Å². The lowest BCUT2D eigenvalue weighted by Crippen LogP contribution is -2.47. The topological polar surface area (TPSA) is 120 Å². The van der Waals surface area contributed by atoms with Crippen molar-refractivity contribution in [3.8, 4) is 0 Å². The van der Waals surface area contributed by atoms with Crippen LogP contribution in [-0.2, 0) is 24.3 Å². The summed E-state index contributed by atoms with van der Waals surface area (Å²) in [6.45, 7) is 0.717. The Morgan fingerprint density at radius 2 is 2.33 bits per heavy atom. The summed E-state index contributed by atoms with van der Waals surface area (Å²) in [6, 6.07) is 2.54. The van der Waals surface area contributed by atoms with Crippen molar-refractivity contribution in [1.82, 2.24) is 20.6 Å². The molecule has 4 N–H and O–H groups in total. The fourth-order valence-corrected chi connectivity index (χ4v) is 2.24. The van der Waals surface area contributed by atoms with Gasteiger partial charge in [0.25, 0.3) is 0 Å². The van der Waals surface area contributed by atoms with Crippen molar-refractivity contribution in [1.29, 1.82) is 0 Å². The van der Waals surface area contributed by atoms with Gasteiger partial charge in [0.1, 0.15) is 5.76 Å². The molecule has 1 amide bonds. The average molecular weight is 290 g/mol. The maximum absolute atomic E-state index is 12.1. The number of fused-ring (bicyclic) bond motifs is 1. The lowest BCUT2D eigenvalue weighted by Gasteiger charge is -2.21. The van der Waals surface area contributed by atoms with E-state index in [4.69, 9.17) is 9.52 Å². The van der Waals surface area contributed by atoms with Crippen LogP contribution in [0.25, 0.3) is 0 Å². The first-order valence-electron chi connectivity index (χ1n) is 6.47. The molecule has 1 atom stereocenters. The normalized spacial score (nSPS) is 17.2. The quantitative estimate of drug-likeness (QED) is 0.630. The molecule has 3 heterocycles. The number of imidazole rings is 1. The molecule has 2 aromatic heterocycles. The highest BCUT2D eigenvalue weighted by Crippen LogP contribution is 2.12. The Balaban J connectivity index is 1.56. The first kappa shape index (κ1) is 13.4. The molecule has 0 spiro atoms. The van der Waals surface area contributed by atoms with Crippen molar-refractivity contribution in [3.05, 3.63) is 41.4 Å². The third kappa shape index (κ3) is 2.79. The zero-order valence-corrected chi connectivity index (χ0v) is 11.0. The van der Waals surface area contributed by atoms with E-state index in [1.165, 1.54) is 12.1 Å². The number of furan rings is 1. The van der Waals surface area contributed by atoms with Crippen LogP contribution in [-0.4, -0.2) is 33.0 Å². The zero-order chi connectivity index (χ0) is 14.8. The monoisotopic (exact) mass is 290 g/mol. The van der Waals surface area contributed by atoms with Gasteiger partial charge in [-0.3, -0.25) is 10.1 Å². The minimum Gasteiger partial charge on any atom is -0.475 e. The number of nitrogens with one attached hydrogen (secondary N) is 3. The molecule has 0 saturated heterocycles. The second kappa shape index (κ2) is 5.41. The largest absolute Gasteiger partial charge is 0.475 e. The Hall–Kier alpha value is -2.61. The molecule has 8 heteroatoms. The van der Waals surface area contributed by atoms with Gasteiger partial charge in [-0.25, -0.2) is 9.78 Å². The van der Waals surface area contributed by atoms with Crippen LogP contribution >= 0.6 is 0 Å². The first-order chi connectivity index (χ1) is 10.1. The number of carboxylic acid groups (broad SMARTS) is 1. The highest BCUT2D eigenvalue weighted by molar-refractivity contribution is 5.84. The molecular weight excluding hydrogens is 276 g/mol. The van der Waals surface area contributed by atoms with Crippen LogP contribution in [0.15, 0.2) is 22.9 Å². The zero-order valence-electron chi connectivity index (χ0n) is 11.0. The Kier molecular flexibility index (Phi) is 3.44. The summed E-state index contributed by atoms with van der Waals surface area (Å²) in [5.41, 5.74) is 1.89. The summed E-state index contributed by atoms with van der Waals surface area (Å²) in [4.78, 5) is 29.9. The second-order valence-corrected chi connectivity index (χ2v) is 4.75. The smallest absolute Gasteiger partial charge is 0.371 e. The van der Waals surface area contributed by atoms with Gasteiger partial charge in [-0.15, -0.1) is 0 Å². The molecule has 21 heavy (non-hydrogen) atoms. The molecule has 0 fully saturated rings. The predicted octanol–water partition coefficient (Wildman–Crippen LogP) is 0.0316. The number of amides is 1. The standard InChI is InChI=1S/C13H14N4O4/c18-12(9-3-8-10(5-14-9)17-6-16-8)15-4-7-1-2-11(21-7)13(19)20/h1-2,6,9,14H,3-5H2,(H,15,18)(H,16,17)(H,19,20). The van der Waals surface area contributed by atoms with Gasteiger partial charge in [0, 0.05) is 13.0 Å². The highest BCUT2D eigenvalue weighted by Gasteiger charge is 2.25. The van der Waals surface area contributed by atoms with Gasteiger partial charge >= 0.3 is 5.97 Å². The van der Waals surface area contributed by atoms with Crippen molar-refractivity contribution in [2.45, 2.75) is 25.6 Å². The van der Waals surface area contributed by atoms with E-state index in [1.54, 1.807) is 6.33 Å². The number of hydrogen-bond donors (Lipinski definition) is 4. The molecule has 0 saturated carbocycles. The van der Waals surface area contributed by atoms with Crippen LogP contribution in [0.5, 0.6) is 0 Å². The number of carbonyl (C=O) groups excluding carboxylic acids is 1. The Labute approximate surface area is 119 Å². The van der Waals surface area contributed by atoms with Crippen LogP contribution in [0.2, 0.25) is 0 Å². The van der Waals surface area contributed by atoms with Gasteiger partial charge in [0.15, 0.2) is 0 Å². The van der Waals surface area contributed by atoms with Gasteiger partial charge in [0.2, 0.25) is 11.7 Å². The maximum atomic E-state index is 12.1. The third-order valence-corrected chi connectivity index (χ3v) is 3.36. The second-order valence-electron chi connectivity index (χ2n) is 4.75. The lowest BCUT2D eigenvalue weighted by molar-refractivity contribution is -0.123. The molecule has 2 aromatic rings. The first-order valence-corrected chi connectivity index (χ1v) is 6.47. The van der Waals surface area contributed by atoms with Gasteiger partial charge < -0.3 is 19.8 Å². The summed E-state index contributed by atoms with van der Waals surface area (Å²) < 4.78 is 5.07. The van der Waals surface area contributed by atoms with Gasteiger partial charge in [0.05, 0.1) is 30.3 Å². The van der Waals surface area contributed by atoms with E-state index in [1.807, 2.05) is 0 Å². The minimum atomic E-state index is -1.13. The fourth-order valence-electron chi connectivity index (χ4n) is 2.24. The maximum Gasteiger partial charge on any atom is 0.371 e. The number of carbonyl (C=O) groups is 2. The average Bonchev–Trinajstić information content (AvgIpc) is 3.12. The molecule has 1 aliphatic heterocycles. The van der Waals surface area contributed by atoms with E-state index in [-0.39, 0.29) is 24.3 Å². The van der Waals surface area contributed by atoms with E-state index >= 15 is 0 Å². The highest BCUT2D eigenvalue weighted by atomic mass is 16.4. The third-order valence-electron chi connectivity index (χ3n) is 3.36. The number of aromatic nitrogens is 2. The Morgan fingerprint density at radius 3 is 3.10 bits per heavy atom. The summed E-state index contributed by atoms with van der Waals surface area (Å²) >= 11 is 0. The molecule has 8 nitrogen and oxygen atoms in total. The number of aromatic amines is 1. The molecule has 0 bridgehead atoms. The van der Waals surface area contributed by atoms with Crippen LogP contribution < -0.4 is 10.6 Å². The summed E-state index contributed by atoms with van der Waals surface area (Å²) in [6.07, 6.45) is 2.13. The number of carboxylic acids is 1. The van der Waals surface area contributed by atoms with Crippen LogP contribution in [0.3, 0.4) is 0 Å². The number of rotatable bonds is 4. The van der Waals surface area contributed by atoms with Crippen LogP contribution in [0, 0.1) is 0 Å². The summed E-state index contributed by atoms with van der Waals surface area (Å²) in [5, 5.41) is 14.6. The van der Waals surface area contributed by atoms with E-state index in [0.717, 1.165) is 11.4 Å². The molecule has 3 rings (SSSR count). The van der Waals surface area contributed by atoms with Crippen LogP contribution in [0.1, 0.15) is 27.7 Å². The lowest BCUT2D eigenvalue weighted by atomic mass is 10.0. The molecular formula is C13H14N4O4. The number of aromatic carboxylic acids is 1.